The van der Waals surface area contributed by atoms with Crippen LogP contribution in [0.3, 0.4) is 0 Å². The van der Waals surface area contributed by atoms with Crippen molar-refractivity contribution in [1.82, 2.24) is 5.32 Å². The van der Waals surface area contributed by atoms with Gasteiger partial charge in [0.25, 0.3) is 0 Å². The van der Waals surface area contributed by atoms with Crippen LogP contribution in [0.2, 0.25) is 0 Å². The molecule has 0 aromatic heterocycles. The van der Waals surface area contributed by atoms with E-state index in [4.69, 9.17) is 14.2 Å². The SMILES string of the molecule is CC(=O)NC(C1CCC1)C(O)C(=O)OC1CC2(O)C(OC(=O)c3ccccc3)C3[C@]4(O)COC4CC(O)[C@@]3(C)C(=O)C(O)C(=C1C)C2(C)C.[Ac].[Ac]. The van der Waals surface area contributed by atoms with E-state index in [2.05, 4.69) is 5.32 Å². The molecule has 13 nitrogen and oxygen atoms in total. The zero-order chi connectivity index (χ0) is 35.8. The van der Waals surface area contributed by atoms with Crippen molar-refractivity contribution in [1.29, 1.82) is 0 Å². The molecule has 9 unspecified atom stereocenters. The fourth-order valence-corrected chi connectivity index (χ4v) is 9.22. The second-order valence-electron chi connectivity index (χ2n) is 15.4. The average molecular weight is 1140 g/mol. The molecule has 4 fully saturated rings. The molecule has 1 aromatic rings. The molecule has 15 heteroatoms. The summed E-state index contributed by atoms with van der Waals surface area (Å²) in [5.41, 5.74) is -7.21. The van der Waals surface area contributed by atoms with Crippen LogP contribution in [0.4, 0.5) is 0 Å². The molecule has 11 atom stereocenters. The summed E-state index contributed by atoms with van der Waals surface area (Å²) < 4.78 is 17.7. The molecular weight excluding hydrogens is 1090 g/mol. The maximum atomic E-state index is 14.6. The van der Waals surface area contributed by atoms with E-state index in [0.717, 1.165) is 6.42 Å². The van der Waals surface area contributed by atoms with Gasteiger partial charge >= 0.3 is 11.9 Å². The number of rotatable bonds is 7. The number of esters is 2. The third kappa shape index (κ3) is 6.93. The van der Waals surface area contributed by atoms with Crippen molar-refractivity contribution < 1.29 is 147 Å². The molecule has 1 amide bonds. The Morgan fingerprint density at radius 3 is 2.18 bits per heavy atom. The second-order valence-corrected chi connectivity index (χ2v) is 15.4. The Bertz CT molecular complexity index is 1570. The molecular formula is C36H47Ac2NO12. The number of carbonyl (C=O) groups is 4. The molecule has 2 bridgehead atoms. The molecule has 1 saturated heterocycles. The summed E-state index contributed by atoms with van der Waals surface area (Å²) >= 11 is 0. The fraction of sp³-hybridized carbons (Fsp3) is 0.667. The molecule has 6 N–H and O–H groups in total. The minimum atomic E-state index is -2.24. The molecule has 1 aromatic carbocycles. The number of aliphatic hydroxyl groups is 5. The van der Waals surface area contributed by atoms with E-state index < -0.39 is 101 Å². The Morgan fingerprint density at radius 2 is 1.65 bits per heavy atom. The van der Waals surface area contributed by atoms with Crippen molar-refractivity contribution in [2.45, 2.75) is 121 Å². The Kier molecular flexibility index (Phi) is 13.3. The van der Waals surface area contributed by atoms with E-state index in [1.54, 1.807) is 39.0 Å². The summed E-state index contributed by atoms with van der Waals surface area (Å²) in [6.07, 6.45) is -7.47. The first-order valence-electron chi connectivity index (χ1n) is 17.0. The average Bonchev–Trinajstić information content (AvgIpc) is 3.02. The van der Waals surface area contributed by atoms with Crippen molar-refractivity contribution in [2.75, 3.05) is 6.61 Å². The molecule has 1 aliphatic heterocycles. The maximum Gasteiger partial charge on any atom is 0.338 e. The number of Topliss-reactive ketones (excluding diaryl/α,β-unsaturated/α-hetero) is 1. The van der Waals surface area contributed by atoms with E-state index in [9.17, 15) is 44.7 Å². The van der Waals surface area contributed by atoms with Crippen molar-refractivity contribution in [2.24, 2.45) is 22.7 Å². The minimum absolute atomic E-state index is 0. The molecule has 4 aliphatic carbocycles. The topological polar surface area (TPSA) is 209 Å². The van der Waals surface area contributed by atoms with E-state index in [0.29, 0.717) is 12.8 Å². The predicted molar refractivity (Wildman–Crippen MR) is 170 cm³/mol. The number of aliphatic hydroxyl groups excluding tert-OH is 3. The third-order valence-corrected chi connectivity index (χ3v) is 12.5. The Hall–Kier alpha value is -0.317. The Labute approximate surface area is 368 Å². The van der Waals surface area contributed by atoms with E-state index in [1.807, 2.05) is 0 Å². The number of nitrogens with one attached hydrogen (secondary N) is 1. The van der Waals surface area contributed by atoms with Crippen LogP contribution in [-0.2, 0) is 28.6 Å². The molecule has 6 rings (SSSR count). The second kappa shape index (κ2) is 15.7. The quantitative estimate of drug-likeness (QED) is 0.165. The van der Waals surface area contributed by atoms with Crippen LogP contribution in [0.5, 0.6) is 0 Å². The van der Waals surface area contributed by atoms with Gasteiger partial charge in [0.2, 0.25) is 5.91 Å². The van der Waals surface area contributed by atoms with Gasteiger partial charge in [-0.05, 0) is 55.9 Å². The van der Waals surface area contributed by atoms with Gasteiger partial charge in [0.05, 0.1) is 35.8 Å². The van der Waals surface area contributed by atoms with Crippen LogP contribution in [-0.4, -0.2) is 110 Å². The number of ketones is 1. The van der Waals surface area contributed by atoms with Crippen LogP contribution < -0.4 is 5.32 Å². The summed E-state index contributed by atoms with van der Waals surface area (Å²) in [4.78, 5) is 53.9. The van der Waals surface area contributed by atoms with Crippen molar-refractivity contribution in [3.63, 3.8) is 0 Å². The van der Waals surface area contributed by atoms with E-state index >= 15 is 0 Å². The summed E-state index contributed by atoms with van der Waals surface area (Å²) in [6, 6.07) is 7.03. The molecule has 5 aliphatic rings. The first-order valence-corrected chi connectivity index (χ1v) is 17.0. The van der Waals surface area contributed by atoms with E-state index in [1.165, 1.54) is 26.0 Å². The largest absolute Gasteiger partial charge is 0.456 e. The van der Waals surface area contributed by atoms with Gasteiger partial charge in [0.1, 0.15) is 29.5 Å². The van der Waals surface area contributed by atoms with E-state index in [-0.39, 0.29) is 124 Å². The van der Waals surface area contributed by atoms with Gasteiger partial charge in [0.15, 0.2) is 11.9 Å². The van der Waals surface area contributed by atoms with Crippen molar-refractivity contribution in [3.8, 4) is 0 Å². The van der Waals surface area contributed by atoms with Crippen LogP contribution in [0.15, 0.2) is 41.5 Å². The van der Waals surface area contributed by atoms with Crippen LogP contribution in [0.1, 0.15) is 77.1 Å². The van der Waals surface area contributed by atoms with Gasteiger partial charge in [0, 0.05) is 119 Å². The molecule has 51 heavy (non-hydrogen) atoms. The van der Waals surface area contributed by atoms with Gasteiger partial charge in [-0.25, -0.2) is 9.59 Å². The number of hydrogen-bond donors (Lipinski definition) is 6. The number of hydrogen-bond acceptors (Lipinski definition) is 12. The number of benzene rings is 1. The van der Waals surface area contributed by atoms with Gasteiger partial charge in [-0.3, -0.25) is 9.59 Å². The standard InChI is InChI=1S/C36H47NO12.2Ac/c1-17-21(48-32(44)27(41)25(37-18(2)38)19-12-9-13-19)15-36(46)30(49-31(43)20-10-7-6-8-11-20)28-34(5,22(39)14-23-35(28,45)16-47-23)29(42)26(40)24(17)33(36,3)4;;/h6-8,10-11,19,21-23,25-28,30,39-41,45-46H,9,12-16H2,1-5H3,(H,37,38);;/t21?,22?,23?,25?,26?,27?,28?,30?,34-,35+,36?;;/m1../s1. The first kappa shape index (κ1) is 43.4. The number of carbonyl (C=O) groups excluding carboxylic acids is 4. The normalized spacial score (nSPS) is 37.9. The maximum absolute atomic E-state index is 14.6. The summed E-state index contributed by atoms with van der Waals surface area (Å²) in [6.45, 7) is 7.07. The van der Waals surface area contributed by atoms with Gasteiger partial charge in [-0.15, -0.1) is 0 Å². The zero-order valence-corrected chi connectivity index (χ0v) is 39.1. The molecule has 2 radical (unpaired) electrons. The van der Waals surface area contributed by atoms with Gasteiger partial charge in [-0.2, -0.15) is 0 Å². The summed E-state index contributed by atoms with van der Waals surface area (Å²) in [5, 5.41) is 62.5. The summed E-state index contributed by atoms with van der Waals surface area (Å²) in [7, 11) is 0. The monoisotopic (exact) mass is 1140 g/mol. The van der Waals surface area contributed by atoms with Gasteiger partial charge < -0.3 is 45.1 Å². The number of ether oxygens (including phenoxy) is 3. The predicted octanol–water partition coefficient (Wildman–Crippen LogP) is 0.728. The van der Waals surface area contributed by atoms with Crippen LogP contribution in [0.25, 0.3) is 0 Å². The molecule has 274 valence electrons. The smallest absolute Gasteiger partial charge is 0.338 e. The van der Waals surface area contributed by atoms with Crippen LogP contribution in [0, 0.1) is 111 Å². The zero-order valence-electron chi connectivity index (χ0n) is 29.6. The Balaban J connectivity index is 0.00000292. The molecule has 1 heterocycles. The van der Waals surface area contributed by atoms with Gasteiger partial charge in [-0.1, -0.05) is 38.5 Å². The summed E-state index contributed by atoms with van der Waals surface area (Å²) in [5.74, 6) is -4.89. The number of fused-ring (bicyclic) bond motifs is 5. The minimum Gasteiger partial charge on any atom is -0.456 e. The third-order valence-electron chi connectivity index (χ3n) is 12.5. The van der Waals surface area contributed by atoms with Crippen molar-refractivity contribution >= 4 is 23.6 Å². The fourth-order valence-electron chi connectivity index (χ4n) is 9.22. The Morgan fingerprint density at radius 1 is 1.02 bits per heavy atom. The molecule has 0 spiro atoms. The first-order chi connectivity index (χ1) is 22.9. The van der Waals surface area contributed by atoms with Crippen molar-refractivity contribution in [3.05, 3.63) is 47.0 Å². The number of amides is 1. The molecule has 3 saturated carbocycles. The van der Waals surface area contributed by atoms with Crippen LogP contribution >= 0.6 is 0 Å².